The second kappa shape index (κ2) is 15.2. The van der Waals surface area contributed by atoms with Gasteiger partial charge in [0.2, 0.25) is 0 Å². The smallest absolute Gasteiger partial charge is 0.264 e. The molecule has 2 aliphatic carbocycles. The molecule has 11 rings (SSSR count). The van der Waals surface area contributed by atoms with E-state index in [1.807, 2.05) is 11.3 Å². The number of fused-ring (bicyclic) bond motifs is 8. The fourth-order valence-electron chi connectivity index (χ4n) is 12.0. The van der Waals surface area contributed by atoms with Gasteiger partial charge in [-0.3, -0.25) is 0 Å². The summed E-state index contributed by atoms with van der Waals surface area (Å²) in [7, 11) is 0. The van der Waals surface area contributed by atoms with Crippen LogP contribution in [0.5, 0.6) is 0 Å². The molecule has 4 aliphatic rings. The van der Waals surface area contributed by atoms with Gasteiger partial charge < -0.3 is 9.80 Å². The van der Waals surface area contributed by atoms with Crippen LogP contribution in [0.15, 0.2) is 97.1 Å². The average molecular weight is 913 g/mol. The van der Waals surface area contributed by atoms with Gasteiger partial charge in [-0.25, -0.2) is 0 Å². The largest absolute Gasteiger partial charge is 0.311 e. The van der Waals surface area contributed by atoms with Crippen LogP contribution in [0.1, 0.15) is 167 Å². The van der Waals surface area contributed by atoms with Crippen molar-refractivity contribution >= 4 is 78.0 Å². The second-order valence-electron chi connectivity index (χ2n) is 26.1. The zero-order valence-corrected chi connectivity index (χ0v) is 44.7. The molecule has 0 bridgehead atoms. The maximum atomic E-state index is 2.75. The molecule has 0 spiro atoms. The first-order valence-electron chi connectivity index (χ1n) is 25.8. The molecule has 0 amide bonds. The highest BCUT2D eigenvalue weighted by molar-refractivity contribution is 7.33. The van der Waals surface area contributed by atoms with E-state index in [0.717, 1.165) is 12.8 Å². The lowest BCUT2D eigenvalue weighted by Gasteiger charge is -2.45. The highest BCUT2D eigenvalue weighted by atomic mass is 32.1. The van der Waals surface area contributed by atoms with Crippen molar-refractivity contribution in [3.63, 3.8) is 0 Å². The van der Waals surface area contributed by atoms with Crippen molar-refractivity contribution < 1.29 is 0 Å². The van der Waals surface area contributed by atoms with E-state index in [1.165, 1.54) is 119 Å². The summed E-state index contributed by atoms with van der Waals surface area (Å²) in [5.41, 5.74) is 26.8. The summed E-state index contributed by atoms with van der Waals surface area (Å²) in [6.07, 6.45) is 7.19. The number of thiophene rings is 1. The fourth-order valence-corrected chi connectivity index (χ4v) is 13.3. The minimum Gasteiger partial charge on any atom is -0.311 e. The number of anilines is 6. The number of hydrogen-bond acceptors (Lipinski definition) is 3. The van der Waals surface area contributed by atoms with Gasteiger partial charge in [0.25, 0.3) is 6.71 Å². The van der Waals surface area contributed by atoms with Crippen LogP contribution in [0, 0.1) is 0 Å². The molecule has 1 aromatic heterocycles. The summed E-state index contributed by atoms with van der Waals surface area (Å²) in [5.74, 6) is 0. The Morgan fingerprint density at radius 1 is 0.441 bits per heavy atom. The molecule has 0 atom stereocenters. The Hall–Kier alpha value is -5.06. The van der Waals surface area contributed by atoms with Crippen LogP contribution in [-0.2, 0) is 52.8 Å². The molecule has 6 aromatic carbocycles. The van der Waals surface area contributed by atoms with E-state index < -0.39 is 0 Å². The van der Waals surface area contributed by atoms with Gasteiger partial charge in [0, 0.05) is 43.2 Å². The quantitative estimate of drug-likeness (QED) is 0.163. The number of nitrogens with zero attached hydrogens (tertiary/aromatic N) is 2. The highest BCUT2D eigenvalue weighted by Gasteiger charge is 2.47. The number of hydrogen-bond donors (Lipinski definition) is 0. The Morgan fingerprint density at radius 2 is 0.941 bits per heavy atom. The Morgan fingerprint density at radius 3 is 1.51 bits per heavy atom. The maximum Gasteiger partial charge on any atom is 0.264 e. The van der Waals surface area contributed by atoms with Crippen LogP contribution >= 0.6 is 11.3 Å². The minimum absolute atomic E-state index is 0.000293. The fraction of sp³-hybridized carbons (Fsp3) is 0.406. The summed E-state index contributed by atoms with van der Waals surface area (Å²) in [5, 5.41) is 1.36. The molecule has 0 saturated carbocycles. The minimum atomic E-state index is -0.110. The molecule has 4 heteroatoms. The van der Waals surface area contributed by atoms with E-state index >= 15 is 0 Å². The molecule has 0 radical (unpaired) electrons. The predicted molar refractivity (Wildman–Crippen MR) is 299 cm³/mol. The summed E-state index contributed by atoms with van der Waals surface area (Å²) in [6.45, 7) is 35.6. The van der Waals surface area contributed by atoms with E-state index in [-0.39, 0.29) is 33.8 Å². The first kappa shape index (κ1) is 45.4. The average Bonchev–Trinajstić information content (AvgIpc) is 4.02. The molecular formula is C64H73BN2S. The molecule has 68 heavy (non-hydrogen) atoms. The summed E-state index contributed by atoms with van der Waals surface area (Å²) in [4.78, 5) is 5.44. The predicted octanol–water partition coefficient (Wildman–Crippen LogP) is 16.1. The molecule has 0 N–H and O–H groups in total. The van der Waals surface area contributed by atoms with E-state index in [0.29, 0.717) is 0 Å². The summed E-state index contributed by atoms with van der Waals surface area (Å²) < 4.78 is 2.80. The molecule has 0 unspecified atom stereocenters. The molecule has 3 heterocycles. The third kappa shape index (κ3) is 7.24. The molecule has 2 nitrogen and oxygen atoms in total. The number of rotatable bonds is 3. The molecule has 2 aliphatic heterocycles. The number of benzene rings is 6. The SMILES string of the molecule is CC(C)(C)c1ccc(N2c3cc(C(C)(C)C)cc4c3B(c3cc(C(C)(C)C)ccc3N4c3ccc(C(C)(C)C)cc3-c3c4c(cc5c3CCC5)CCC4)c3sc4ccc(C(C)(C)C)cc4c32)cc1. The lowest BCUT2D eigenvalue weighted by Crippen LogP contribution is -2.60. The van der Waals surface area contributed by atoms with Crippen molar-refractivity contribution in [3.8, 4) is 11.1 Å². The van der Waals surface area contributed by atoms with Crippen molar-refractivity contribution in [1.29, 1.82) is 0 Å². The van der Waals surface area contributed by atoms with E-state index in [9.17, 15) is 0 Å². The van der Waals surface area contributed by atoms with Crippen molar-refractivity contribution in [2.45, 2.75) is 169 Å². The Bertz CT molecular complexity index is 3170. The van der Waals surface area contributed by atoms with Crippen molar-refractivity contribution in [1.82, 2.24) is 0 Å². The zero-order chi connectivity index (χ0) is 48.2. The first-order valence-corrected chi connectivity index (χ1v) is 26.6. The molecule has 7 aromatic rings. The van der Waals surface area contributed by atoms with Crippen LogP contribution < -0.4 is 25.5 Å². The Labute approximate surface area is 413 Å². The lowest BCUT2D eigenvalue weighted by atomic mass is 9.36. The first-order chi connectivity index (χ1) is 31.9. The zero-order valence-electron chi connectivity index (χ0n) is 43.9. The van der Waals surface area contributed by atoms with Crippen LogP contribution in [0.25, 0.3) is 21.2 Å². The van der Waals surface area contributed by atoms with Gasteiger partial charge in [0.1, 0.15) is 0 Å². The van der Waals surface area contributed by atoms with Crippen LogP contribution in [-0.4, -0.2) is 6.71 Å². The lowest BCUT2D eigenvalue weighted by molar-refractivity contribution is 0.589. The Balaban J connectivity index is 1.29. The molecular weight excluding hydrogens is 840 g/mol. The van der Waals surface area contributed by atoms with E-state index in [1.54, 1.807) is 27.8 Å². The van der Waals surface area contributed by atoms with E-state index in [4.69, 9.17) is 0 Å². The third-order valence-electron chi connectivity index (χ3n) is 16.1. The second-order valence-corrected chi connectivity index (χ2v) is 27.2. The van der Waals surface area contributed by atoms with Gasteiger partial charge in [-0.2, -0.15) is 0 Å². The van der Waals surface area contributed by atoms with Crippen molar-refractivity contribution in [2.75, 3.05) is 9.80 Å². The van der Waals surface area contributed by atoms with Crippen LogP contribution in [0.3, 0.4) is 0 Å². The van der Waals surface area contributed by atoms with Gasteiger partial charge in [-0.1, -0.05) is 146 Å². The highest BCUT2D eigenvalue weighted by Crippen LogP contribution is 2.53. The normalized spacial score (nSPS) is 15.7. The summed E-state index contributed by atoms with van der Waals surface area (Å²) in [6, 6.07) is 39.9. The maximum absolute atomic E-state index is 2.75. The Kier molecular flexibility index (Phi) is 10.2. The van der Waals surface area contributed by atoms with Gasteiger partial charge in [0.15, 0.2) is 0 Å². The van der Waals surface area contributed by atoms with Crippen LogP contribution in [0.4, 0.5) is 34.1 Å². The van der Waals surface area contributed by atoms with Gasteiger partial charge >= 0.3 is 0 Å². The topological polar surface area (TPSA) is 6.48 Å². The summed E-state index contributed by atoms with van der Waals surface area (Å²) >= 11 is 2.02. The number of aryl methyl sites for hydroxylation is 2. The van der Waals surface area contributed by atoms with Gasteiger partial charge in [-0.05, 0) is 187 Å². The molecule has 0 saturated heterocycles. The molecule has 348 valence electrons. The van der Waals surface area contributed by atoms with E-state index in [2.05, 4.69) is 211 Å². The third-order valence-corrected chi connectivity index (χ3v) is 17.3. The van der Waals surface area contributed by atoms with Gasteiger partial charge in [0.05, 0.1) is 11.4 Å². The van der Waals surface area contributed by atoms with Gasteiger partial charge in [-0.15, -0.1) is 11.3 Å². The molecule has 0 fully saturated rings. The monoisotopic (exact) mass is 913 g/mol. The van der Waals surface area contributed by atoms with Crippen molar-refractivity contribution in [3.05, 3.63) is 147 Å². The van der Waals surface area contributed by atoms with Crippen molar-refractivity contribution in [2.24, 2.45) is 0 Å². The standard InChI is InChI=1S/C64H73BN2S/c1-60(2,3)40-22-27-45(28-23-40)66-53-36-44(64(13,14)15)37-54-57(53)65(59-58(66)49-34-42(62(7,8)9)26-31-55(49)68-59)50-35-43(63(10,11)12)25-30-52(50)67(54)51-29-24-41(61(4,5)6)33-48(51)56-46-20-16-18-38(46)32-39-19-17-21-47(39)56/h22-37H,16-21H2,1-15H3. The van der Waals surface area contributed by atoms with Crippen LogP contribution in [0.2, 0.25) is 0 Å².